The van der Waals surface area contributed by atoms with E-state index in [4.69, 9.17) is 21.4 Å². The van der Waals surface area contributed by atoms with Gasteiger partial charge in [-0.1, -0.05) is 16.8 Å². The van der Waals surface area contributed by atoms with Crippen LogP contribution in [0, 0.1) is 0 Å². The van der Waals surface area contributed by atoms with Gasteiger partial charge in [-0.05, 0) is 18.6 Å². The molecule has 0 unspecified atom stereocenters. The fourth-order valence-corrected chi connectivity index (χ4v) is 1.91. The molecule has 0 saturated heterocycles. The lowest BCUT2D eigenvalue weighted by Gasteiger charge is -2.03. The normalized spacial score (nSPS) is 11.0. The molecule has 2 aromatic rings. The summed E-state index contributed by atoms with van der Waals surface area (Å²) < 4.78 is 6.65. The highest BCUT2D eigenvalue weighted by molar-refractivity contribution is 6.34. The van der Waals surface area contributed by atoms with Crippen molar-refractivity contribution in [1.29, 1.82) is 0 Å². The minimum Gasteiger partial charge on any atom is -0.478 e. The topological polar surface area (TPSA) is 77.2 Å². The van der Waals surface area contributed by atoms with Crippen LogP contribution in [0.15, 0.2) is 12.1 Å². The van der Waals surface area contributed by atoms with E-state index in [1.807, 2.05) is 0 Å². The average Bonchev–Trinajstić information content (AvgIpc) is 2.71. The third kappa shape index (κ3) is 2.44. The Morgan fingerprint density at radius 2 is 2.33 bits per heavy atom. The van der Waals surface area contributed by atoms with Crippen LogP contribution in [0.3, 0.4) is 0 Å². The highest BCUT2D eigenvalue weighted by atomic mass is 35.5. The van der Waals surface area contributed by atoms with E-state index >= 15 is 0 Å². The molecule has 1 aromatic heterocycles. The van der Waals surface area contributed by atoms with Gasteiger partial charge in [-0.25, -0.2) is 9.48 Å². The summed E-state index contributed by atoms with van der Waals surface area (Å²) in [6.07, 6.45) is 0.799. The number of nitrogens with zero attached hydrogens (tertiary/aromatic N) is 3. The number of ether oxygens (including phenoxy) is 1. The number of carbonyl (C=O) groups is 1. The number of benzene rings is 1. The van der Waals surface area contributed by atoms with Gasteiger partial charge in [-0.3, -0.25) is 0 Å². The van der Waals surface area contributed by atoms with Crippen molar-refractivity contribution in [3.8, 4) is 0 Å². The smallest absolute Gasteiger partial charge is 0.337 e. The second-order valence-electron chi connectivity index (χ2n) is 3.78. The first kappa shape index (κ1) is 12.8. The van der Waals surface area contributed by atoms with Gasteiger partial charge in [0.1, 0.15) is 5.52 Å². The summed E-state index contributed by atoms with van der Waals surface area (Å²) in [4.78, 5) is 10.9. The molecule has 0 radical (unpaired) electrons. The molecule has 0 aliphatic heterocycles. The summed E-state index contributed by atoms with van der Waals surface area (Å²) in [5, 5.41) is 17.0. The van der Waals surface area contributed by atoms with Crippen molar-refractivity contribution in [2.45, 2.75) is 13.0 Å². The zero-order valence-electron chi connectivity index (χ0n) is 9.76. The van der Waals surface area contributed by atoms with Crippen LogP contribution in [0.2, 0.25) is 5.02 Å². The van der Waals surface area contributed by atoms with Gasteiger partial charge in [0, 0.05) is 20.3 Å². The van der Waals surface area contributed by atoms with E-state index in [0.717, 1.165) is 11.9 Å². The zero-order valence-corrected chi connectivity index (χ0v) is 10.5. The summed E-state index contributed by atoms with van der Waals surface area (Å²) in [5.41, 5.74) is 1.28. The molecule has 0 atom stereocenters. The summed E-state index contributed by atoms with van der Waals surface area (Å²) in [7, 11) is 1.63. The van der Waals surface area contributed by atoms with Crippen molar-refractivity contribution in [2.75, 3.05) is 13.7 Å². The van der Waals surface area contributed by atoms with Gasteiger partial charge in [0.2, 0.25) is 0 Å². The molecule has 0 aliphatic rings. The molecule has 18 heavy (non-hydrogen) atoms. The SMILES string of the molecule is COCCCn1nnc2cc(C(=O)O)c(Cl)cc21. The summed E-state index contributed by atoms with van der Waals surface area (Å²) in [6, 6.07) is 3.01. The Labute approximate surface area is 108 Å². The summed E-state index contributed by atoms with van der Waals surface area (Å²) in [6.45, 7) is 1.27. The van der Waals surface area contributed by atoms with Gasteiger partial charge >= 0.3 is 5.97 Å². The van der Waals surface area contributed by atoms with Crippen molar-refractivity contribution in [3.05, 3.63) is 22.7 Å². The minimum atomic E-state index is -1.07. The van der Waals surface area contributed by atoms with Crippen LogP contribution in [0.1, 0.15) is 16.8 Å². The maximum Gasteiger partial charge on any atom is 0.337 e. The van der Waals surface area contributed by atoms with E-state index in [1.54, 1.807) is 17.9 Å². The Morgan fingerprint density at radius 1 is 1.56 bits per heavy atom. The molecule has 0 aliphatic carbocycles. The molecule has 1 aromatic carbocycles. The van der Waals surface area contributed by atoms with Gasteiger partial charge in [-0.2, -0.15) is 0 Å². The van der Waals surface area contributed by atoms with E-state index < -0.39 is 5.97 Å². The molecular formula is C11H12ClN3O3. The van der Waals surface area contributed by atoms with Crippen LogP contribution in [-0.4, -0.2) is 39.8 Å². The Bertz CT molecular complexity index is 582. The van der Waals surface area contributed by atoms with E-state index in [1.165, 1.54) is 6.07 Å². The first-order valence-corrected chi connectivity index (χ1v) is 5.76. The third-order valence-corrected chi connectivity index (χ3v) is 2.86. The highest BCUT2D eigenvalue weighted by Crippen LogP contribution is 2.22. The molecule has 1 heterocycles. The number of carboxylic acids is 1. The quantitative estimate of drug-likeness (QED) is 0.838. The predicted octanol–water partition coefficient (Wildman–Crippen LogP) is 1.82. The molecule has 1 N–H and O–H groups in total. The number of carboxylic acid groups (broad SMARTS) is 1. The van der Waals surface area contributed by atoms with Crippen molar-refractivity contribution in [2.24, 2.45) is 0 Å². The highest BCUT2D eigenvalue weighted by Gasteiger charge is 2.13. The molecule has 0 saturated carbocycles. The standard InChI is InChI=1S/C11H12ClN3O3/c1-18-4-2-3-15-10-6-8(12)7(11(16)17)5-9(10)13-14-15/h5-6H,2-4H2,1H3,(H,16,17). The maximum absolute atomic E-state index is 10.9. The van der Waals surface area contributed by atoms with Gasteiger partial charge in [0.05, 0.1) is 16.1 Å². The lowest BCUT2D eigenvalue weighted by atomic mass is 10.2. The van der Waals surface area contributed by atoms with Crippen molar-refractivity contribution >= 4 is 28.6 Å². The number of aromatic carboxylic acids is 1. The number of hydrogen-bond donors (Lipinski definition) is 1. The number of aryl methyl sites for hydroxylation is 1. The van der Waals surface area contributed by atoms with Crippen LogP contribution in [0.4, 0.5) is 0 Å². The lowest BCUT2D eigenvalue weighted by molar-refractivity contribution is 0.0697. The maximum atomic E-state index is 10.9. The molecule has 7 heteroatoms. The Balaban J connectivity index is 2.35. The second-order valence-corrected chi connectivity index (χ2v) is 4.19. The van der Waals surface area contributed by atoms with E-state index in [9.17, 15) is 4.79 Å². The number of fused-ring (bicyclic) bond motifs is 1. The van der Waals surface area contributed by atoms with Crippen LogP contribution < -0.4 is 0 Å². The Kier molecular flexibility index (Phi) is 3.78. The monoisotopic (exact) mass is 269 g/mol. The van der Waals surface area contributed by atoms with Crippen molar-refractivity contribution < 1.29 is 14.6 Å². The van der Waals surface area contributed by atoms with E-state index in [2.05, 4.69) is 10.3 Å². The van der Waals surface area contributed by atoms with E-state index in [-0.39, 0.29) is 10.6 Å². The average molecular weight is 270 g/mol. The third-order valence-electron chi connectivity index (χ3n) is 2.55. The van der Waals surface area contributed by atoms with E-state index in [0.29, 0.717) is 18.7 Å². The number of methoxy groups -OCH3 is 1. The molecule has 0 spiro atoms. The van der Waals surface area contributed by atoms with Gasteiger partial charge in [-0.15, -0.1) is 5.10 Å². The summed E-state index contributed by atoms with van der Waals surface area (Å²) in [5.74, 6) is -1.07. The largest absolute Gasteiger partial charge is 0.478 e. The number of halogens is 1. The number of hydrogen-bond acceptors (Lipinski definition) is 4. The number of rotatable bonds is 5. The van der Waals surface area contributed by atoms with Crippen LogP contribution in [0.5, 0.6) is 0 Å². The van der Waals surface area contributed by atoms with Gasteiger partial charge in [0.15, 0.2) is 0 Å². The zero-order chi connectivity index (χ0) is 13.1. The van der Waals surface area contributed by atoms with Crippen molar-refractivity contribution in [1.82, 2.24) is 15.0 Å². The fraction of sp³-hybridized carbons (Fsp3) is 0.364. The first-order valence-electron chi connectivity index (χ1n) is 5.38. The minimum absolute atomic E-state index is 0.0353. The lowest BCUT2D eigenvalue weighted by Crippen LogP contribution is -2.03. The fourth-order valence-electron chi connectivity index (χ4n) is 1.68. The molecule has 0 amide bonds. The van der Waals surface area contributed by atoms with Crippen LogP contribution >= 0.6 is 11.6 Å². The molecule has 0 fully saturated rings. The van der Waals surface area contributed by atoms with Crippen molar-refractivity contribution in [3.63, 3.8) is 0 Å². The molecule has 2 rings (SSSR count). The number of aromatic nitrogens is 3. The Hall–Kier alpha value is -1.66. The van der Waals surface area contributed by atoms with Gasteiger partial charge < -0.3 is 9.84 Å². The Morgan fingerprint density at radius 3 is 3.00 bits per heavy atom. The van der Waals surface area contributed by atoms with Crippen LogP contribution in [0.25, 0.3) is 11.0 Å². The molecule has 6 nitrogen and oxygen atoms in total. The van der Waals surface area contributed by atoms with Gasteiger partial charge in [0.25, 0.3) is 0 Å². The first-order chi connectivity index (χ1) is 8.63. The second kappa shape index (κ2) is 5.32. The predicted molar refractivity (Wildman–Crippen MR) is 66.0 cm³/mol. The van der Waals surface area contributed by atoms with Crippen LogP contribution in [-0.2, 0) is 11.3 Å². The molecule has 96 valence electrons. The summed E-state index contributed by atoms with van der Waals surface area (Å²) >= 11 is 5.91. The molecular weight excluding hydrogens is 258 g/mol. The molecule has 0 bridgehead atoms.